The van der Waals surface area contributed by atoms with Crippen molar-refractivity contribution in [3.8, 4) is 0 Å². The fraction of sp³-hybridized carbons (Fsp3) is 0.636. The summed E-state index contributed by atoms with van der Waals surface area (Å²) in [6.07, 6.45) is -5.51. The summed E-state index contributed by atoms with van der Waals surface area (Å²) < 4.78 is 42.5. The Labute approximate surface area is 123 Å². The van der Waals surface area contributed by atoms with Crippen molar-refractivity contribution in [2.75, 3.05) is 0 Å². The molecule has 0 aromatic carbocycles. The minimum atomic E-state index is -4.61. The number of hydrogen-bond acceptors (Lipinski definition) is 5. The Hall–Kier alpha value is -2.33. The quantitative estimate of drug-likeness (QED) is 0.870. The zero-order valence-electron chi connectivity index (χ0n) is 12.1. The van der Waals surface area contributed by atoms with E-state index in [1.807, 2.05) is 0 Å². The first-order valence-electron chi connectivity index (χ1n) is 6.08. The van der Waals surface area contributed by atoms with Gasteiger partial charge in [-0.05, 0) is 20.8 Å². The highest BCUT2D eigenvalue weighted by Gasteiger charge is 2.32. The number of amides is 1. The second-order valence-electron chi connectivity index (χ2n) is 5.32. The fourth-order valence-electron chi connectivity index (χ4n) is 1.44. The molecule has 2 N–H and O–H groups in total. The molecule has 0 atom stereocenters. The summed E-state index contributed by atoms with van der Waals surface area (Å²) in [6.45, 7) is 2.78. The first-order chi connectivity index (χ1) is 9.89. The molecule has 0 aliphatic heterocycles. The number of alkyl carbamates (subject to hydrolysis) is 1. The van der Waals surface area contributed by atoms with Crippen LogP contribution in [0.1, 0.15) is 37.0 Å². The van der Waals surface area contributed by atoms with Crippen LogP contribution in [0.25, 0.3) is 0 Å². The molecule has 0 radical (unpaired) electrons. The zero-order chi connectivity index (χ0) is 17.1. The molecule has 1 aromatic rings. The van der Waals surface area contributed by atoms with Crippen molar-refractivity contribution < 1.29 is 32.6 Å². The number of alkyl halides is 3. The highest BCUT2D eigenvalue weighted by atomic mass is 19.4. The molecule has 0 saturated carbocycles. The van der Waals surface area contributed by atoms with E-state index in [1.165, 1.54) is 0 Å². The fourth-order valence-corrected chi connectivity index (χ4v) is 1.44. The second kappa shape index (κ2) is 6.20. The van der Waals surface area contributed by atoms with Gasteiger partial charge in [0.25, 0.3) is 0 Å². The van der Waals surface area contributed by atoms with Gasteiger partial charge in [-0.1, -0.05) is 5.21 Å². The van der Waals surface area contributed by atoms with Crippen LogP contribution >= 0.6 is 0 Å². The normalized spacial score (nSPS) is 12.1. The number of ether oxygens (including phenoxy) is 1. The van der Waals surface area contributed by atoms with Crippen LogP contribution in [0.5, 0.6) is 0 Å². The Balaban J connectivity index is 2.89. The third-order valence-electron chi connectivity index (χ3n) is 2.17. The maximum absolute atomic E-state index is 12.4. The summed E-state index contributed by atoms with van der Waals surface area (Å²) in [5.74, 6) is -1.55. The number of nitrogens with one attached hydrogen (secondary N) is 1. The van der Waals surface area contributed by atoms with Crippen molar-refractivity contribution in [3.05, 3.63) is 11.4 Å². The number of carboxylic acids is 1. The summed E-state index contributed by atoms with van der Waals surface area (Å²) >= 11 is 0. The van der Waals surface area contributed by atoms with Gasteiger partial charge in [0.15, 0.2) is 5.69 Å². The van der Waals surface area contributed by atoms with Gasteiger partial charge in [-0.3, -0.25) is 0 Å². The topological polar surface area (TPSA) is 106 Å². The predicted octanol–water partition coefficient (Wildman–Crippen LogP) is 1.56. The minimum Gasteiger partial charge on any atom is -0.476 e. The van der Waals surface area contributed by atoms with Crippen LogP contribution in [0.15, 0.2) is 0 Å². The molecule has 0 bridgehead atoms. The summed E-state index contributed by atoms with van der Waals surface area (Å²) in [4.78, 5) is 22.4. The van der Waals surface area contributed by atoms with Crippen LogP contribution in [0.2, 0.25) is 0 Å². The van der Waals surface area contributed by atoms with Gasteiger partial charge >= 0.3 is 18.2 Å². The van der Waals surface area contributed by atoms with E-state index in [4.69, 9.17) is 9.84 Å². The Morgan fingerprint density at radius 3 is 2.36 bits per heavy atom. The lowest BCUT2D eigenvalue weighted by Crippen LogP contribution is -2.33. The minimum absolute atomic E-state index is 0.376. The largest absolute Gasteiger partial charge is 0.476 e. The van der Waals surface area contributed by atoms with Gasteiger partial charge in [-0.15, -0.1) is 5.10 Å². The summed E-state index contributed by atoms with van der Waals surface area (Å²) in [5.41, 5.74) is -1.85. The molecule has 0 spiro atoms. The zero-order valence-corrected chi connectivity index (χ0v) is 12.1. The van der Waals surface area contributed by atoms with E-state index in [-0.39, 0.29) is 5.69 Å². The van der Waals surface area contributed by atoms with Crippen molar-refractivity contribution in [3.63, 3.8) is 0 Å². The van der Waals surface area contributed by atoms with Crippen LogP contribution < -0.4 is 5.32 Å². The molecule has 0 aliphatic rings. The number of carbonyl (C=O) groups is 2. The lowest BCUT2D eigenvalue weighted by atomic mass is 10.2. The third kappa shape index (κ3) is 5.58. The smallest absolute Gasteiger partial charge is 0.408 e. The Kier molecular flexibility index (Phi) is 4.99. The van der Waals surface area contributed by atoms with Gasteiger partial charge in [-0.2, -0.15) is 13.2 Å². The monoisotopic (exact) mass is 324 g/mol. The predicted molar refractivity (Wildman–Crippen MR) is 66.1 cm³/mol. The van der Waals surface area contributed by atoms with Crippen LogP contribution in [-0.4, -0.2) is 43.9 Å². The number of hydrogen-bond donors (Lipinski definition) is 2. The molecular formula is C11H15F3N4O4. The molecule has 1 amide bonds. The first-order valence-corrected chi connectivity index (χ1v) is 6.08. The highest BCUT2D eigenvalue weighted by Crippen LogP contribution is 2.19. The molecule has 124 valence electrons. The van der Waals surface area contributed by atoms with Gasteiger partial charge in [0.1, 0.15) is 12.1 Å². The summed E-state index contributed by atoms with van der Waals surface area (Å²) in [5, 5.41) is 17.4. The molecule has 1 heterocycles. The molecule has 1 aromatic heterocycles. The lowest BCUT2D eigenvalue weighted by Gasteiger charge is -2.19. The van der Waals surface area contributed by atoms with E-state index in [0.29, 0.717) is 4.68 Å². The molecule has 1 rings (SSSR count). The average molecular weight is 324 g/mol. The second-order valence-corrected chi connectivity index (χ2v) is 5.32. The number of carbonyl (C=O) groups excluding carboxylic acids is 1. The molecule has 0 saturated heterocycles. The molecular weight excluding hydrogens is 309 g/mol. The van der Waals surface area contributed by atoms with Gasteiger partial charge in [0.05, 0.1) is 12.2 Å². The van der Waals surface area contributed by atoms with E-state index >= 15 is 0 Å². The molecule has 0 unspecified atom stereocenters. The number of rotatable bonds is 4. The number of aromatic carboxylic acids is 1. The number of nitrogens with zero attached hydrogens (tertiary/aromatic N) is 3. The number of halogens is 3. The van der Waals surface area contributed by atoms with Crippen LogP contribution in [0.3, 0.4) is 0 Å². The van der Waals surface area contributed by atoms with Crippen LogP contribution in [0, 0.1) is 0 Å². The maximum atomic E-state index is 12.4. The highest BCUT2D eigenvalue weighted by molar-refractivity contribution is 5.86. The summed E-state index contributed by atoms with van der Waals surface area (Å²) in [6, 6.07) is 0. The van der Waals surface area contributed by atoms with Gasteiger partial charge in [-0.25, -0.2) is 14.3 Å². The first kappa shape index (κ1) is 17.7. The number of aromatic nitrogens is 3. The number of carboxylic acid groups (broad SMARTS) is 1. The van der Waals surface area contributed by atoms with E-state index in [2.05, 4.69) is 15.6 Å². The standard InChI is InChI=1S/C11H15F3N4O4/c1-10(2,3)22-9(21)15-4-6-7(8(19)20)16-17-18(6)5-11(12,13)14/h4-5H2,1-3H3,(H,15,21)(H,19,20). The lowest BCUT2D eigenvalue weighted by molar-refractivity contribution is -0.143. The van der Waals surface area contributed by atoms with Gasteiger partial charge in [0, 0.05) is 0 Å². The Morgan fingerprint density at radius 2 is 1.91 bits per heavy atom. The van der Waals surface area contributed by atoms with Gasteiger partial charge < -0.3 is 15.2 Å². The summed E-state index contributed by atoms with van der Waals surface area (Å²) in [7, 11) is 0. The Morgan fingerprint density at radius 1 is 1.32 bits per heavy atom. The van der Waals surface area contributed by atoms with Crippen molar-refractivity contribution in [1.29, 1.82) is 0 Å². The van der Waals surface area contributed by atoms with E-state index in [0.717, 1.165) is 0 Å². The van der Waals surface area contributed by atoms with Crippen molar-refractivity contribution in [1.82, 2.24) is 20.3 Å². The third-order valence-corrected chi connectivity index (χ3v) is 2.17. The average Bonchev–Trinajstić information content (AvgIpc) is 2.64. The van der Waals surface area contributed by atoms with Crippen molar-refractivity contribution in [2.24, 2.45) is 0 Å². The van der Waals surface area contributed by atoms with Crippen molar-refractivity contribution in [2.45, 2.75) is 45.6 Å². The molecule has 22 heavy (non-hydrogen) atoms. The Bertz CT molecular complexity index is 563. The molecule has 0 fully saturated rings. The molecule has 0 aliphatic carbocycles. The van der Waals surface area contributed by atoms with Crippen molar-refractivity contribution >= 4 is 12.1 Å². The molecule has 8 nitrogen and oxygen atoms in total. The van der Waals surface area contributed by atoms with E-state index < -0.39 is 42.6 Å². The van der Waals surface area contributed by atoms with E-state index in [1.54, 1.807) is 20.8 Å². The molecule has 11 heteroatoms. The van der Waals surface area contributed by atoms with E-state index in [9.17, 15) is 22.8 Å². The van der Waals surface area contributed by atoms with Crippen LogP contribution in [0.4, 0.5) is 18.0 Å². The van der Waals surface area contributed by atoms with Gasteiger partial charge in [0.2, 0.25) is 0 Å². The van der Waals surface area contributed by atoms with Crippen LogP contribution in [-0.2, 0) is 17.8 Å². The maximum Gasteiger partial charge on any atom is 0.408 e. The SMILES string of the molecule is CC(C)(C)OC(=O)NCc1c(C(=O)O)nnn1CC(F)(F)F.